The Morgan fingerprint density at radius 1 is 1.31 bits per heavy atom. The van der Waals surface area contributed by atoms with Gasteiger partial charge in [-0.05, 0) is 6.07 Å². The van der Waals surface area contributed by atoms with Crippen molar-refractivity contribution < 1.29 is 24.7 Å². The lowest BCUT2D eigenvalue weighted by Gasteiger charge is -2.02. The van der Waals surface area contributed by atoms with E-state index in [1.807, 2.05) is 0 Å². The van der Waals surface area contributed by atoms with E-state index >= 15 is 0 Å². The second-order valence-electron chi connectivity index (χ2n) is 2.56. The van der Waals surface area contributed by atoms with Crippen LogP contribution in [0.2, 0.25) is 0 Å². The monoisotopic (exact) mass is 228 g/mol. The molecule has 0 aliphatic heterocycles. The van der Waals surface area contributed by atoms with Crippen molar-refractivity contribution in [3.8, 4) is 5.75 Å². The summed E-state index contributed by atoms with van der Waals surface area (Å²) in [6.07, 6.45) is 0. The summed E-state index contributed by atoms with van der Waals surface area (Å²) < 4.78 is 0. The van der Waals surface area contributed by atoms with E-state index in [2.05, 4.69) is 4.84 Å². The van der Waals surface area contributed by atoms with Gasteiger partial charge in [0.05, 0.1) is 10.5 Å². The molecular formula is C7H4N2O7. The molecule has 16 heavy (non-hydrogen) atoms. The lowest BCUT2D eigenvalue weighted by atomic mass is 10.2. The maximum Gasteiger partial charge on any atom is 0.338 e. The minimum absolute atomic E-state index is 0.493. The van der Waals surface area contributed by atoms with Crippen LogP contribution in [-0.2, 0) is 0 Å². The molecule has 0 aromatic heterocycles. The van der Waals surface area contributed by atoms with E-state index in [4.69, 9.17) is 5.11 Å². The number of benzene rings is 1. The Balaban J connectivity index is 3.24. The molecule has 0 aliphatic rings. The SMILES string of the molecule is O=C(O)c1cc([N+](=O)[O-])ccc1O[N+](=O)[O-]. The zero-order chi connectivity index (χ0) is 12.3. The highest BCUT2D eigenvalue weighted by Gasteiger charge is 2.18. The summed E-state index contributed by atoms with van der Waals surface area (Å²) in [5, 5.41) is 27.8. The maximum absolute atomic E-state index is 10.7. The van der Waals surface area contributed by atoms with Crippen LogP contribution < -0.4 is 4.84 Å². The number of nitro benzene ring substituents is 1. The lowest BCUT2D eigenvalue weighted by Crippen LogP contribution is -2.09. The highest BCUT2D eigenvalue weighted by Crippen LogP contribution is 2.24. The predicted molar refractivity (Wildman–Crippen MR) is 47.7 cm³/mol. The molecule has 0 heterocycles. The molecule has 0 saturated heterocycles. The first-order chi connectivity index (χ1) is 7.41. The highest BCUT2D eigenvalue weighted by molar-refractivity contribution is 5.91. The Bertz CT molecular complexity index is 470. The number of carboxylic acids is 1. The summed E-state index contributed by atoms with van der Waals surface area (Å²) in [5.41, 5.74) is -1.14. The van der Waals surface area contributed by atoms with Crippen LogP contribution in [0.5, 0.6) is 5.75 Å². The van der Waals surface area contributed by atoms with Gasteiger partial charge in [0.1, 0.15) is 5.75 Å². The molecule has 0 bridgehead atoms. The second kappa shape index (κ2) is 4.21. The Labute approximate surface area is 87.1 Å². The number of nitrogens with zero attached hydrogens (tertiary/aromatic N) is 2. The number of carbonyl (C=O) groups is 1. The third kappa shape index (κ3) is 2.41. The molecule has 1 aromatic rings. The van der Waals surface area contributed by atoms with Gasteiger partial charge in [0.15, 0.2) is 0 Å². The molecule has 0 aliphatic carbocycles. The van der Waals surface area contributed by atoms with E-state index in [1.54, 1.807) is 0 Å². The van der Waals surface area contributed by atoms with Crippen molar-refractivity contribution in [1.82, 2.24) is 0 Å². The van der Waals surface area contributed by atoms with Crippen molar-refractivity contribution >= 4 is 11.7 Å². The van der Waals surface area contributed by atoms with Crippen molar-refractivity contribution in [3.63, 3.8) is 0 Å². The molecule has 0 saturated carbocycles. The number of nitro groups is 1. The fraction of sp³-hybridized carbons (Fsp3) is 0. The fourth-order valence-corrected chi connectivity index (χ4v) is 0.959. The third-order valence-corrected chi connectivity index (χ3v) is 1.58. The van der Waals surface area contributed by atoms with Crippen LogP contribution in [0.4, 0.5) is 5.69 Å². The number of aromatic carboxylic acids is 1. The zero-order valence-corrected chi connectivity index (χ0v) is 7.52. The summed E-state index contributed by atoms with van der Waals surface area (Å²) in [4.78, 5) is 34.2. The van der Waals surface area contributed by atoms with Crippen LogP contribution in [0.1, 0.15) is 10.4 Å². The molecule has 1 N–H and O–H groups in total. The van der Waals surface area contributed by atoms with Gasteiger partial charge < -0.3 is 5.11 Å². The first kappa shape index (κ1) is 11.4. The zero-order valence-electron chi connectivity index (χ0n) is 7.52. The van der Waals surface area contributed by atoms with Crippen molar-refractivity contribution in [2.24, 2.45) is 0 Å². The topological polar surface area (TPSA) is 133 Å². The van der Waals surface area contributed by atoms with E-state index in [-0.39, 0.29) is 0 Å². The van der Waals surface area contributed by atoms with Crippen LogP contribution in [-0.4, -0.2) is 21.1 Å². The van der Waals surface area contributed by atoms with Gasteiger partial charge in [0, 0.05) is 12.1 Å². The average molecular weight is 228 g/mol. The van der Waals surface area contributed by atoms with Crippen molar-refractivity contribution in [1.29, 1.82) is 0 Å². The van der Waals surface area contributed by atoms with Crippen LogP contribution in [0.3, 0.4) is 0 Å². The molecule has 0 unspecified atom stereocenters. The minimum atomic E-state index is -1.56. The second-order valence-corrected chi connectivity index (χ2v) is 2.56. The smallest absolute Gasteiger partial charge is 0.338 e. The number of hydrogen-bond acceptors (Lipinski definition) is 6. The lowest BCUT2D eigenvalue weighted by molar-refractivity contribution is -0.711. The first-order valence-electron chi connectivity index (χ1n) is 3.76. The maximum atomic E-state index is 10.7. The molecule has 0 atom stereocenters. The Hall–Kier alpha value is -2.71. The fourth-order valence-electron chi connectivity index (χ4n) is 0.959. The quantitative estimate of drug-likeness (QED) is 0.596. The molecule has 0 amide bonds. The van der Waals surface area contributed by atoms with Crippen molar-refractivity contribution in [2.45, 2.75) is 0 Å². The van der Waals surface area contributed by atoms with Gasteiger partial charge in [0.2, 0.25) is 0 Å². The van der Waals surface area contributed by atoms with E-state index in [0.717, 1.165) is 12.1 Å². The first-order valence-corrected chi connectivity index (χ1v) is 3.76. The van der Waals surface area contributed by atoms with E-state index in [0.29, 0.717) is 6.07 Å². The Morgan fingerprint density at radius 2 is 1.94 bits per heavy atom. The van der Waals surface area contributed by atoms with E-state index < -0.39 is 33.0 Å². The minimum Gasteiger partial charge on any atom is -0.478 e. The Kier molecular flexibility index (Phi) is 2.99. The predicted octanol–water partition coefficient (Wildman–Crippen LogP) is 0.863. The van der Waals surface area contributed by atoms with E-state index in [9.17, 15) is 25.0 Å². The largest absolute Gasteiger partial charge is 0.478 e. The molecule has 0 spiro atoms. The third-order valence-electron chi connectivity index (χ3n) is 1.58. The molecule has 9 heteroatoms. The Morgan fingerprint density at radius 3 is 2.38 bits per heavy atom. The van der Waals surface area contributed by atoms with E-state index in [1.165, 1.54) is 0 Å². The number of rotatable bonds is 4. The standard InChI is InChI=1S/C7H4N2O7/c10-7(11)5-3-4(8(12)13)1-2-6(5)16-9(14)15/h1-3H,(H,10,11). The summed E-state index contributed by atoms with van der Waals surface area (Å²) in [6, 6.07) is 2.44. The summed E-state index contributed by atoms with van der Waals surface area (Å²) in [7, 11) is 0. The molecule has 0 fully saturated rings. The highest BCUT2D eigenvalue weighted by atomic mass is 17.0. The van der Waals surface area contributed by atoms with Gasteiger partial charge in [-0.1, -0.05) is 0 Å². The normalized spacial score (nSPS) is 9.50. The molecule has 9 nitrogen and oxygen atoms in total. The number of carboxylic acid groups (broad SMARTS) is 1. The summed E-state index contributed by atoms with van der Waals surface area (Å²) in [6.45, 7) is 0. The molecule has 1 aromatic carbocycles. The number of non-ortho nitro benzene ring substituents is 1. The molecule has 1 rings (SSSR count). The molecule has 84 valence electrons. The summed E-state index contributed by atoms with van der Waals surface area (Å²) in [5.74, 6) is -2.12. The van der Waals surface area contributed by atoms with Crippen LogP contribution in [0, 0.1) is 20.2 Å². The van der Waals surface area contributed by atoms with Gasteiger partial charge in [-0.3, -0.25) is 15.0 Å². The van der Waals surface area contributed by atoms with Gasteiger partial charge in [-0.15, -0.1) is 10.1 Å². The van der Waals surface area contributed by atoms with Crippen LogP contribution in [0.15, 0.2) is 18.2 Å². The van der Waals surface area contributed by atoms with Gasteiger partial charge in [-0.25, -0.2) is 4.79 Å². The van der Waals surface area contributed by atoms with Crippen LogP contribution in [0.25, 0.3) is 0 Å². The number of hydrogen-bond donors (Lipinski definition) is 1. The van der Waals surface area contributed by atoms with Gasteiger partial charge >= 0.3 is 5.97 Å². The van der Waals surface area contributed by atoms with Crippen LogP contribution >= 0.6 is 0 Å². The van der Waals surface area contributed by atoms with Crippen molar-refractivity contribution in [2.75, 3.05) is 0 Å². The van der Waals surface area contributed by atoms with Crippen molar-refractivity contribution in [3.05, 3.63) is 44.0 Å². The molecular weight excluding hydrogens is 224 g/mol. The average Bonchev–Trinajstić information content (AvgIpc) is 2.16. The summed E-state index contributed by atoms with van der Waals surface area (Å²) >= 11 is 0. The molecule has 0 radical (unpaired) electrons. The van der Waals surface area contributed by atoms with Gasteiger partial charge in [0.25, 0.3) is 10.8 Å². The van der Waals surface area contributed by atoms with Gasteiger partial charge in [-0.2, -0.15) is 0 Å².